The average Bonchev–Trinajstić information content (AvgIpc) is 2.25. The lowest BCUT2D eigenvalue weighted by atomic mass is 10.2. The first-order valence-electron chi connectivity index (χ1n) is 4.64. The maximum atomic E-state index is 10.5. The zero-order valence-electron chi connectivity index (χ0n) is 8.81. The standard InChI is InChI=1S/C12H13NO2/c1-10(13-15-11(2)14)8-9-12-6-4-3-5-7-12/h3-9H,1-2H3/b9-8+,13-10?. The van der Waals surface area contributed by atoms with Crippen molar-refractivity contribution in [2.45, 2.75) is 13.8 Å². The van der Waals surface area contributed by atoms with Crippen molar-refractivity contribution in [3.63, 3.8) is 0 Å². The van der Waals surface area contributed by atoms with Gasteiger partial charge in [-0.3, -0.25) is 0 Å². The van der Waals surface area contributed by atoms with E-state index >= 15 is 0 Å². The summed E-state index contributed by atoms with van der Waals surface area (Å²) in [5.41, 5.74) is 1.73. The Morgan fingerprint density at radius 1 is 1.27 bits per heavy atom. The van der Waals surface area contributed by atoms with E-state index in [0.29, 0.717) is 5.71 Å². The molecule has 0 fully saturated rings. The highest BCUT2D eigenvalue weighted by atomic mass is 16.7. The fourth-order valence-electron chi connectivity index (χ4n) is 0.948. The van der Waals surface area contributed by atoms with Crippen LogP contribution in [0, 0.1) is 0 Å². The van der Waals surface area contributed by atoms with Crippen LogP contribution in [0.25, 0.3) is 6.08 Å². The minimum atomic E-state index is -0.414. The van der Waals surface area contributed by atoms with Crippen molar-refractivity contribution in [3.05, 3.63) is 42.0 Å². The predicted octanol–water partition coefficient (Wildman–Crippen LogP) is 2.64. The second kappa shape index (κ2) is 5.75. The van der Waals surface area contributed by atoms with Gasteiger partial charge in [0, 0.05) is 6.92 Å². The van der Waals surface area contributed by atoms with Gasteiger partial charge in [-0.05, 0) is 18.6 Å². The number of carbonyl (C=O) groups is 1. The number of hydrogen-bond acceptors (Lipinski definition) is 3. The van der Waals surface area contributed by atoms with Gasteiger partial charge in [-0.1, -0.05) is 41.6 Å². The molecule has 3 heteroatoms. The molecular formula is C12H13NO2. The van der Waals surface area contributed by atoms with E-state index in [1.807, 2.05) is 36.4 Å². The van der Waals surface area contributed by atoms with Crippen LogP contribution in [0.2, 0.25) is 0 Å². The summed E-state index contributed by atoms with van der Waals surface area (Å²) in [5, 5.41) is 3.62. The predicted molar refractivity (Wildman–Crippen MR) is 60.4 cm³/mol. The van der Waals surface area contributed by atoms with E-state index in [1.165, 1.54) is 6.92 Å². The van der Waals surface area contributed by atoms with E-state index in [-0.39, 0.29) is 0 Å². The van der Waals surface area contributed by atoms with Gasteiger partial charge in [0.25, 0.3) is 0 Å². The molecule has 15 heavy (non-hydrogen) atoms. The van der Waals surface area contributed by atoms with Crippen molar-refractivity contribution in [1.29, 1.82) is 0 Å². The molecule has 0 spiro atoms. The molecule has 0 aliphatic heterocycles. The molecular weight excluding hydrogens is 190 g/mol. The minimum absolute atomic E-state index is 0.414. The van der Waals surface area contributed by atoms with Crippen molar-refractivity contribution < 1.29 is 9.63 Å². The Labute approximate surface area is 89.1 Å². The molecule has 0 unspecified atom stereocenters. The van der Waals surface area contributed by atoms with E-state index < -0.39 is 5.97 Å². The molecule has 0 radical (unpaired) electrons. The second-order valence-corrected chi connectivity index (χ2v) is 3.06. The van der Waals surface area contributed by atoms with Crippen LogP contribution in [-0.4, -0.2) is 11.7 Å². The van der Waals surface area contributed by atoms with Crippen LogP contribution in [0.3, 0.4) is 0 Å². The Kier molecular flexibility index (Phi) is 4.29. The summed E-state index contributed by atoms with van der Waals surface area (Å²) < 4.78 is 0. The lowest BCUT2D eigenvalue weighted by molar-refractivity contribution is -0.140. The summed E-state index contributed by atoms with van der Waals surface area (Å²) in [6.07, 6.45) is 3.70. The van der Waals surface area contributed by atoms with Crippen LogP contribution in [-0.2, 0) is 9.63 Å². The zero-order chi connectivity index (χ0) is 11.1. The van der Waals surface area contributed by atoms with Crippen molar-refractivity contribution >= 4 is 17.8 Å². The van der Waals surface area contributed by atoms with Gasteiger partial charge in [-0.2, -0.15) is 0 Å². The number of carbonyl (C=O) groups excluding carboxylic acids is 1. The zero-order valence-corrected chi connectivity index (χ0v) is 8.81. The molecule has 0 heterocycles. The largest absolute Gasteiger partial charge is 0.331 e. The Morgan fingerprint density at radius 3 is 2.53 bits per heavy atom. The summed E-state index contributed by atoms with van der Waals surface area (Å²) in [6.45, 7) is 3.08. The maximum absolute atomic E-state index is 10.5. The third kappa shape index (κ3) is 4.76. The van der Waals surface area contributed by atoms with E-state index in [9.17, 15) is 4.79 Å². The maximum Gasteiger partial charge on any atom is 0.331 e. The van der Waals surface area contributed by atoms with Gasteiger partial charge in [0.05, 0.1) is 5.71 Å². The summed E-state index contributed by atoms with van der Waals surface area (Å²) in [4.78, 5) is 15.0. The van der Waals surface area contributed by atoms with Crippen LogP contribution in [0.4, 0.5) is 0 Å². The van der Waals surface area contributed by atoms with E-state index in [0.717, 1.165) is 5.56 Å². The topological polar surface area (TPSA) is 38.7 Å². The van der Waals surface area contributed by atoms with Gasteiger partial charge in [0.1, 0.15) is 0 Å². The van der Waals surface area contributed by atoms with E-state index in [2.05, 4.69) is 9.99 Å². The third-order valence-corrected chi connectivity index (χ3v) is 1.63. The first kappa shape index (κ1) is 11.2. The lowest BCUT2D eigenvalue weighted by Gasteiger charge is -1.93. The first-order valence-corrected chi connectivity index (χ1v) is 4.64. The van der Waals surface area contributed by atoms with Crippen LogP contribution in [0.5, 0.6) is 0 Å². The summed E-state index contributed by atoms with van der Waals surface area (Å²) >= 11 is 0. The number of oxime groups is 1. The highest BCUT2D eigenvalue weighted by Gasteiger charge is 1.90. The third-order valence-electron chi connectivity index (χ3n) is 1.63. The van der Waals surface area contributed by atoms with Crippen molar-refractivity contribution in [1.82, 2.24) is 0 Å². The highest BCUT2D eigenvalue weighted by molar-refractivity contribution is 5.96. The number of rotatable bonds is 3. The average molecular weight is 203 g/mol. The molecule has 0 aliphatic carbocycles. The molecule has 1 aromatic carbocycles. The first-order chi connectivity index (χ1) is 7.18. The van der Waals surface area contributed by atoms with Crippen LogP contribution in [0.15, 0.2) is 41.6 Å². The fraction of sp³-hybridized carbons (Fsp3) is 0.167. The molecule has 0 saturated heterocycles. The minimum Gasteiger partial charge on any atom is -0.318 e. The van der Waals surface area contributed by atoms with Gasteiger partial charge in [-0.15, -0.1) is 0 Å². The molecule has 78 valence electrons. The van der Waals surface area contributed by atoms with Crippen molar-refractivity contribution in [2.24, 2.45) is 5.16 Å². The molecule has 1 aromatic rings. The number of hydrogen-bond donors (Lipinski definition) is 0. The quantitative estimate of drug-likeness (QED) is 0.430. The second-order valence-electron chi connectivity index (χ2n) is 3.06. The molecule has 1 rings (SSSR count). The Bertz CT molecular complexity index is 380. The molecule has 3 nitrogen and oxygen atoms in total. The lowest BCUT2D eigenvalue weighted by Crippen LogP contribution is -1.94. The molecule has 0 aromatic heterocycles. The Morgan fingerprint density at radius 2 is 1.93 bits per heavy atom. The number of allylic oxidation sites excluding steroid dienone is 1. The number of benzene rings is 1. The van der Waals surface area contributed by atoms with Gasteiger partial charge in [0.2, 0.25) is 0 Å². The molecule has 0 aliphatic rings. The highest BCUT2D eigenvalue weighted by Crippen LogP contribution is 2.01. The Hall–Kier alpha value is -1.90. The normalized spacial score (nSPS) is 11.7. The van der Waals surface area contributed by atoms with Gasteiger partial charge < -0.3 is 4.84 Å². The fourth-order valence-corrected chi connectivity index (χ4v) is 0.948. The summed E-state index contributed by atoms with van der Waals surface area (Å²) in [5.74, 6) is -0.414. The molecule has 0 N–H and O–H groups in total. The molecule has 0 amide bonds. The SMILES string of the molecule is CC(=O)ON=C(C)/C=C/c1ccccc1. The van der Waals surface area contributed by atoms with Crippen LogP contribution < -0.4 is 0 Å². The number of nitrogens with zero attached hydrogens (tertiary/aromatic N) is 1. The Balaban J connectivity index is 2.58. The molecule has 0 atom stereocenters. The smallest absolute Gasteiger partial charge is 0.318 e. The van der Waals surface area contributed by atoms with Crippen molar-refractivity contribution in [2.75, 3.05) is 0 Å². The summed E-state index contributed by atoms with van der Waals surface area (Å²) in [6, 6.07) is 9.83. The van der Waals surface area contributed by atoms with E-state index in [1.54, 1.807) is 13.0 Å². The molecule has 0 bridgehead atoms. The monoisotopic (exact) mass is 203 g/mol. The van der Waals surface area contributed by atoms with Crippen LogP contribution in [0.1, 0.15) is 19.4 Å². The van der Waals surface area contributed by atoms with E-state index in [4.69, 9.17) is 0 Å². The van der Waals surface area contributed by atoms with Gasteiger partial charge in [0.15, 0.2) is 0 Å². The van der Waals surface area contributed by atoms with Gasteiger partial charge >= 0.3 is 5.97 Å². The van der Waals surface area contributed by atoms with Crippen LogP contribution >= 0.6 is 0 Å². The summed E-state index contributed by atoms with van der Waals surface area (Å²) in [7, 11) is 0. The van der Waals surface area contributed by atoms with Gasteiger partial charge in [-0.25, -0.2) is 4.79 Å². The van der Waals surface area contributed by atoms with Crippen molar-refractivity contribution in [3.8, 4) is 0 Å². The molecule has 0 saturated carbocycles.